The van der Waals surface area contributed by atoms with Crippen LogP contribution in [0.15, 0.2) is 42.0 Å². The molecule has 2 fully saturated rings. The topological polar surface area (TPSA) is 104 Å². The summed E-state index contributed by atoms with van der Waals surface area (Å²) < 4.78 is 7.59. The molecular formula is C30H37N7O2. The predicted molar refractivity (Wildman–Crippen MR) is 153 cm³/mol. The summed E-state index contributed by atoms with van der Waals surface area (Å²) in [6, 6.07) is 12.3. The summed E-state index contributed by atoms with van der Waals surface area (Å²) in [4.78, 5) is 2.42. The Balaban J connectivity index is 1.47. The summed E-state index contributed by atoms with van der Waals surface area (Å²) in [5, 5.41) is 32.6. The van der Waals surface area contributed by atoms with Crippen molar-refractivity contribution in [3.05, 3.63) is 59.1 Å². The second-order valence-corrected chi connectivity index (χ2v) is 10.8. The molecule has 1 aliphatic heterocycles. The van der Waals surface area contributed by atoms with Crippen molar-refractivity contribution < 1.29 is 9.84 Å². The van der Waals surface area contributed by atoms with Gasteiger partial charge in [-0.25, -0.2) is 0 Å². The number of ether oxygens (including phenoxy) is 1. The molecule has 9 heteroatoms. The van der Waals surface area contributed by atoms with Crippen LogP contribution in [0, 0.1) is 0 Å². The Labute approximate surface area is 228 Å². The average Bonchev–Trinajstić information content (AvgIpc) is 3.52. The summed E-state index contributed by atoms with van der Waals surface area (Å²) in [6.07, 6.45) is 3.32. The number of fused-ring (bicyclic) bond motifs is 1. The molecule has 1 saturated carbocycles. The van der Waals surface area contributed by atoms with E-state index in [9.17, 15) is 5.11 Å². The zero-order valence-electron chi connectivity index (χ0n) is 23.0. The zero-order chi connectivity index (χ0) is 26.9. The molecule has 2 aromatic carbocycles. The number of nitrogens with zero attached hydrogens (tertiary/aromatic N) is 5. The highest BCUT2D eigenvalue weighted by Crippen LogP contribution is 2.38. The minimum Gasteiger partial charge on any atom is -0.507 e. The van der Waals surface area contributed by atoms with Crippen LogP contribution in [0.1, 0.15) is 63.0 Å². The first-order valence-electron chi connectivity index (χ1n) is 14.1. The Hall–Kier alpha value is -3.69. The average molecular weight is 528 g/mol. The highest BCUT2D eigenvalue weighted by Gasteiger charge is 2.26. The van der Waals surface area contributed by atoms with Crippen molar-refractivity contribution in [1.29, 1.82) is 0 Å². The molecule has 1 aliphatic carbocycles. The van der Waals surface area contributed by atoms with E-state index < -0.39 is 0 Å². The number of hydrogen-bond donors (Lipinski definition) is 3. The van der Waals surface area contributed by atoms with Crippen molar-refractivity contribution in [2.45, 2.75) is 52.5 Å². The number of phenolic OH excluding ortho intramolecular Hbond substituents is 1. The third-order valence-corrected chi connectivity index (χ3v) is 7.77. The molecule has 0 unspecified atom stereocenters. The van der Waals surface area contributed by atoms with Gasteiger partial charge in [-0.3, -0.25) is 14.6 Å². The van der Waals surface area contributed by atoms with Gasteiger partial charge >= 0.3 is 0 Å². The quantitative estimate of drug-likeness (QED) is 0.297. The number of aromatic nitrogens is 5. The van der Waals surface area contributed by atoms with Crippen molar-refractivity contribution in [3.63, 3.8) is 0 Å². The van der Waals surface area contributed by atoms with Gasteiger partial charge in [0.1, 0.15) is 5.75 Å². The number of benzene rings is 2. The van der Waals surface area contributed by atoms with Crippen LogP contribution in [0.25, 0.3) is 33.7 Å². The first-order chi connectivity index (χ1) is 19.0. The minimum atomic E-state index is 0.134. The molecule has 0 radical (unpaired) electrons. The fraction of sp³-hybridized carbons (Fsp3) is 0.433. The third-order valence-electron chi connectivity index (χ3n) is 7.77. The van der Waals surface area contributed by atoms with Gasteiger partial charge in [-0.1, -0.05) is 26.0 Å². The summed E-state index contributed by atoms with van der Waals surface area (Å²) in [6.45, 7) is 11.5. The van der Waals surface area contributed by atoms with Crippen molar-refractivity contribution in [2.75, 3.05) is 32.8 Å². The van der Waals surface area contributed by atoms with E-state index in [1.165, 1.54) is 17.6 Å². The van der Waals surface area contributed by atoms with E-state index in [2.05, 4.69) is 75.1 Å². The molecule has 2 aliphatic rings. The van der Waals surface area contributed by atoms with Gasteiger partial charge in [-0.2, -0.15) is 5.10 Å². The number of phenols is 1. The molecule has 0 spiro atoms. The molecule has 0 atom stereocenters. The minimum absolute atomic E-state index is 0.134. The van der Waals surface area contributed by atoms with Crippen molar-refractivity contribution in [2.24, 2.45) is 0 Å². The maximum absolute atomic E-state index is 11.1. The number of nitrogens with one attached hydrogen (secondary N) is 2. The molecule has 39 heavy (non-hydrogen) atoms. The van der Waals surface area contributed by atoms with Gasteiger partial charge in [0, 0.05) is 49.0 Å². The molecule has 0 amide bonds. The number of hydrogen-bond acceptors (Lipinski definition) is 7. The van der Waals surface area contributed by atoms with E-state index in [1.54, 1.807) is 6.07 Å². The Kier molecular flexibility index (Phi) is 7.10. The van der Waals surface area contributed by atoms with Crippen LogP contribution in [-0.2, 0) is 11.3 Å². The summed E-state index contributed by atoms with van der Waals surface area (Å²) in [5.41, 5.74) is 7.05. The van der Waals surface area contributed by atoms with E-state index >= 15 is 0 Å². The summed E-state index contributed by atoms with van der Waals surface area (Å²) >= 11 is 0. The normalized spacial score (nSPS) is 16.2. The maximum atomic E-state index is 11.1. The van der Waals surface area contributed by atoms with E-state index in [0.29, 0.717) is 11.4 Å². The molecule has 6 rings (SSSR count). The standard InChI is InChI=1S/C30H37N7O2/c1-4-31-28(21-6-5-7-21)30-35-34-29(24-16-23-25(17-26(24)38)32-33-27(23)19(2)3)37(30)22-10-8-20(9-11-22)18-36-12-14-39-15-13-36/h8-11,16-17,19,31,38H,4-7,12-15,18H2,1-3H3,(H,32,33). The molecular weight excluding hydrogens is 490 g/mol. The number of rotatable bonds is 8. The number of allylic oxidation sites excluding steroid dienone is 1. The molecule has 3 heterocycles. The molecule has 204 valence electrons. The number of aromatic amines is 1. The Bertz CT molecular complexity index is 1490. The van der Waals surface area contributed by atoms with Gasteiger partial charge in [-0.05, 0) is 61.4 Å². The van der Waals surface area contributed by atoms with E-state index in [1.807, 2.05) is 6.07 Å². The van der Waals surface area contributed by atoms with Gasteiger partial charge in [0.05, 0.1) is 30.0 Å². The molecule has 3 N–H and O–H groups in total. The number of morpholine rings is 1. The van der Waals surface area contributed by atoms with Gasteiger partial charge in [0.25, 0.3) is 0 Å². The Morgan fingerprint density at radius 1 is 1.10 bits per heavy atom. The first kappa shape index (κ1) is 25.6. The fourth-order valence-corrected chi connectivity index (χ4v) is 5.46. The van der Waals surface area contributed by atoms with Gasteiger partial charge in [0.2, 0.25) is 0 Å². The molecule has 1 saturated heterocycles. The number of H-pyrrole nitrogens is 1. The maximum Gasteiger partial charge on any atom is 0.184 e. The SMILES string of the molecule is CCNC(=C1CCC1)c1nnc(-c2cc3c(C(C)C)[nH]nc3cc2O)n1-c1ccc(CN2CCOCC2)cc1. The largest absolute Gasteiger partial charge is 0.507 e. The molecule has 9 nitrogen and oxygen atoms in total. The van der Waals surface area contributed by atoms with Crippen LogP contribution < -0.4 is 5.32 Å². The van der Waals surface area contributed by atoms with Crippen LogP contribution in [0.4, 0.5) is 0 Å². The monoisotopic (exact) mass is 527 g/mol. The van der Waals surface area contributed by atoms with Gasteiger partial charge in [0.15, 0.2) is 11.6 Å². The lowest BCUT2D eigenvalue weighted by atomic mass is 9.90. The zero-order valence-corrected chi connectivity index (χ0v) is 23.0. The second-order valence-electron chi connectivity index (χ2n) is 10.8. The Morgan fingerprint density at radius 2 is 1.87 bits per heavy atom. The molecule has 2 aromatic heterocycles. The lowest BCUT2D eigenvalue weighted by molar-refractivity contribution is 0.0342. The fourth-order valence-electron chi connectivity index (χ4n) is 5.46. The highest BCUT2D eigenvalue weighted by atomic mass is 16.5. The van der Waals surface area contributed by atoms with Crippen LogP contribution in [0.2, 0.25) is 0 Å². The van der Waals surface area contributed by atoms with Crippen LogP contribution in [-0.4, -0.2) is 67.8 Å². The van der Waals surface area contributed by atoms with Gasteiger partial charge < -0.3 is 15.2 Å². The van der Waals surface area contributed by atoms with Crippen molar-refractivity contribution in [3.8, 4) is 22.8 Å². The highest BCUT2D eigenvalue weighted by molar-refractivity contribution is 5.89. The van der Waals surface area contributed by atoms with Crippen LogP contribution >= 0.6 is 0 Å². The second kappa shape index (κ2) is 10.8. The Morgan fingerprint density at radius 3 is 2.54 bits per heavy atom. The van der Waals surface area contributed by atoms with Gasteiger partial charge in [-0.15, -0.1) is 10.2 Å². The molecule has 4 aromatic rings. The van der Waals surface area contributed by atoms with E-state index in [4.69, 9.17) is 9.84 Å². The van der Waals surface area contributed by atoms with E-state index in [0.717, 1.165) is 86.0 Å². The van der Waals surface area contributed by atoms with Crippen molar-refractivity contribution in [1.82, 2.24) is 35.2 Å². The van der Waals surface area contributed by atoms with Crippen molar-refractivity contribution >= 4 is 16.6 Å². The number of aromatic hydroxyl groups is 1. The van der Waals surface area contributed by atoms with E-state index in [-0.39, 0.29) is 11.7 Å². The van der Waals surface area contributed by atoms with Crippen LogP contribution in [0.5, 0.6) is 5.75 Å². The smallest absolute Gasteiger partial charge is 0.184 e. The third kappa shape index (κ3) is 4.92. The summed E-state index contributed by atoms with van der Waals surface area (Å²) in [7, 11) is 0. The lowest BCUT2D eigenvalue weighted by Gasteiger charge is -2.26. The molecule has 0 bridgehead atoms. The summed E-state index contributed by atoms with van der Waals surface area (Å²) in [5.74, 6) is 1.79. The lowest BCUT2D eigenvalue weighted by Crippen LogP contribution is -2.35. The first-order valence-corrected chi connectivity index (χ1v) is 14.1. The van der Waals surface area contributed by atoms with Crippen LogP contribution in [0.3, 0.4) is 0 Å². The predicted octanol–water partition coefficient (Wildman–Crippen LogP) is 4.98.